The lowest BCUT2D eigenvalue weighted by Gasteiger charge is -2.48. The van der Waals surface area contributed by atoms with Crippen molar-refractivity contribution in [2.24, 2.45) is 5.92 Å². The molecule has 0 aromatic heterocycles. The van der Waals surface area contributed by atoms with Gasteiger partial charge in [-0.25, -0.2) is 4.39 Å². The number of β-lactam (4-membered cyclic amide) rings is 1. The minimum absolute atomic E-state index is 0.0387. The first kappa shape index (κ1) is 35.8. The Labute approximate surface area is 293 Å². The molecule has 10 nitrogen and oxygen atoms in total. The van der Waals surface area contributed by atoms with Gasteiger partial charge in [-0.15, -0.1) is 0 Å². The van der Waals surface area contributed by atoms with Crippen molar-refractivity contribution in [3.05, 3.63) is 125 Å². The molecule has 6 rings (SSSR count). The van der Waals surface area contributed by atoms with Crippen LogP contribution in [0.25, 0.3) is 0 Å². The summed E-state index contributed by atoms with van der Waals surface area (Å²) in [6, 6.07) is 27.0. The normalized spacial score (nSPS) is 25.6. The maximum absolute atomic E-state index is 13.8. The molecule has 1 amide bonds. The summed E-state index contributed by atoms with van der Waals surface area (Å²) in [6.07, 6.45) is -6.24. The number of hydrogen-bond donors (Lipinski definition) is 6. The van der Waals surface area contributed by atoms with E-state index in [9.17, 15) is 39.8 Å². The predicted octanol–water partition coefficient (Wildman–Crippen LogP) is 4.21. The summed E-state index contributed by atoms with van der Waals surface area (Å²) in [5.74, 6) is -0.409. The Balaban J connectivity index is 1.29. The van der Waals surface area contributed by atoms with Gasteiger partial charge in [0.25, 0.3) is 0 Å². The average Bonchev–Trinajstić information content (AvgIpc) is 3.11. The lowest BCUT2D eigenvalue weighted by atomic mass is 9.77. The summed E-state index contributed by atoms with van der Waals surface area (Å²) in [5.41, 5.74) is 3.69. The number of aliphatic hydroxyl groups is 5. The van der Waals surface area contributed by atoms with E-state index in [1.165, 1.54) is 24.3 Å². The second kappa shape index (κ2) is 15.9. The van der Waals surface area contributed by atoms with Gasteiger partial charge >= 0.3 is 0 Å². The van der Waals surface area contributed by atoms with Crippen LogP contribution in [0.15, 0.2) is 97.1 Å². The topological polar surface area (TPSA) is 160 Å². The monoisotopic (exact) mass is 705 g/mol. The van der Waals surface area contributed by atoms with Crippen molar-refractivity contribution in [1.82, 2.24) is 0 Å². The Kier molecular flexibility index (Phi) is 11.4. The Bertz CT molecular complexity index is 1740. The van der Waals surface area contributed by atoms with E-state index in [-0.39, 0.29) is 23.8 Å². The smallest absolute Gasteiger partial charge is 0.233 e. The number of carbonyl (C=O) groups is 1. The van der Waals surface area contributed by atoms with Gasteiger partial charge in [0.2, 0.25) is 5.91 Å². The summed E-state index contributed by atoms with van der Waals surface area (Å²) in [4.78, 5) is 15.5. The fourth-order valence-corrected chi connectivity index (χ4v) is 7.39. The lowest BCUT2D eigenvalue weighted by Crippen LogP contribution is -2.59. The zero-order valence-corrected chi connectivity index (χ0v) is 27.8. The fourth-order valence-electron chi connectivity index (χ4n) is 6.64. The summed E-state index contributed by atoms with van der Waals surface area (Å²) in [5, 5.41) is 61.6. The summed E-state index contributed by atoms with van der Waals surface area (Å²) in [6.45, 7) is -0.545. The number of phenolic OH excluding ortho intramolecular Hbond substituents is 1. The molecular weight excluding hydrogens is 665 g/mol. The Morgan fingerprint density at radius 1 is 0.860 bits per heavy atom. The first-order valence-corrected chi connectivity index (χ1v) is 17.4. The van der Waals surface area contributed by atoms with Gasteiger partial charge in [0.1, 0.15) is 41.7 Å². The second-order valence-corrected chi connectivity index (χ2v) is 13.4. The van der Waals surface area contributed by atoms with Crippen LogP contribution in [0, 0.1) is 11.7 Å². The van der Waals surface area contributed by atoms with Crippen LogP contribution in [0.5, 0.6) is 11.5 Å². The number of para-hydroxylation sites is 1. The minimum Gasteiger partial charge on any atom is -0.508 e. The quantitative estimate of drug-likeness (QED) is 0.0879. The van der Waals surface area contributed by atoms with Crippen LogP contribution in [-0.2, 0) is 16.0 Å². The van der Waals surface area contributed by atoms with Crippen molar-refractivity contribution in [1.29, 1.82) is 0 Å². The highest BCUT2D eigenvalue weighted by Gasteiger charge is 2.50. The third kappa shape index (κ3) is 7.82. The van der Waals surface area contributed by atoms with Gasteiger partial charge < -0.3 is 44.5 Å². The number of aromatic hydroxyl groups is 1. The van der Waals surface area contributed by atoms with Gasteiger partial charge in [-0.05, 0) is 78.4 Å². The van der Waals surface area contributed by atoms with Gasteiger partial charge in [0, 0.05) is 11.3 Å². The van der Waals surface area contributed by atoms with Crippen LogP contribution in [0.2, 0.25) is 0 Å². The molecule has 4 aromatic carbocycles. The highest BCUT2D eigenvalue weighted by Crippen LogP contribution is 2.49. The highest BCUT2D eigenvalue weighted by atomic mass is 32.2. The number of phenols is 1. The lowest BCUT2D eigenvalue weighted by molar-refractivity contribution is -0.223. The van der Waals surface area contributed by atoms with Crippen molar-refractivity contribution in [3.8, 4) is 11.5 Å². The van der Waals surface area contributed by atoms with E-state index in [1.54, 1.807) is 23.1 Å². The molecule has 2 heterocycles. The van der Waals surface area contributed by atoms with Crippen LogP contribution in [0.4, 0.5) is 10.1 Å². The number of hydrogen-bond acceptors (Lipinski definition) is 10. The molecule has 0 spiro atoms. The molecule has 0 aliphatic carbocycles. The second-order valence-electron chi connectivity index (χ2n) is 12.7. The van der Waals surface area contributed by atoms with E-state index in [4.69, 9.17) is 8.92 Å². The van der Waals surface area contributed by atoms with Gasteiger partial charge in [-0.3, -0.25) is 4.79 Å². The van der Waals surface area contributed by atoms with E-state index >= 15 is 0 Å². The number of aliphatic hydroxyl groups excluding tert-OH is 5. The molecule has 2 aliphatic rings. The van der Waals surface area contributed by atoms with E-state index in [1.807, 2.05) is 54.6 Å². The van der Waals surface area contributed by atoms with Crippen molar-refractivity contribution >= 4 is 23.6 Å². The van der Waals surface area contributed by atoms with E-state index in [2.05, 4.69) is 0 Å². The molecule has 2 aliphatic heterocycles. The van der Waals surface area contributed by atoms with Gasteiger partial charge in [0.15, 0.2) is 0 Å². The third-order valence-electron chi connectivity index (χ3n) is 9.34. The standard InChI is InChI=1S/C38H40FNO9S/c39-25-12-10-24(11-13-25)30(43)16-15-29-34(40(38(29)47)26-6-2-1-3-7-26)28-14-9-23(17-22-5-4-8-27(42)18-22)19-31(28)49-50-21-33-36(45)37(46)35(44)32(20-41)48-33/h1-14,18-19,29-30,32-37,41-46H,15-17,20-21H2. The number of anilines is 1. The molecule has 6 N–H and O–H groups in total. The van der Waals surface area contributed by atoms with Crippen LogP contribution in [0.1, 0.15) is 47.2 Å². The Morgan fingerprint density at radius 2 is 1.58 bits per heavy atom. The molecule has 12 heteroatoms. The largest absolute Gasteiger partial charge is 0.508 e. The number of nitrogens with zero attached hydrogens (tertiary/aromatic N) is 1. The van der Waals surface area contributed by atoms with Crippen molar-refractivity contribution in [2.75, 3.05) is 17.3 Å². The van der Waals surface area contributed by atoms with E-state index in [0.29, 0.717) is 35.4 Å². The average molecular weight is 706 g/mol. The highest BCUT2D eigenvalue weighted by molar-refractivity contribution is 7.95. The van der Waals surface area contributed by atoms with Gasteiger partial charge in [0.05, 0.1) is 48.6 Å². The number of ether oxygens (including phenoxy) is 1. The maximum Gasteiger partial charge on any atom is 0.233 e. The molecule has 8 unspecified atom stereocenters. The maximum atomic E-state index is 13.8. The Hall–Kier alpha value is -4.01. The summed E-state index contributed by atoms with van der Waals surface area (Å²) in [7, 11) is 0. The van der Waals surface area contributed by atoms with E-state index < -0.39 is 61.0 Å². The number of carbonyl (C=O) groups excluding carboxylic acids is 1. The van der Waals surface area contributed by atoms with Crippen molar-refractivity contribution < 1.29 is 48.7 Å². The first-order chi connectivity index (χ1) is 24.1. The minimum atomic E-state index is -1.51. The van der Waals surface area contributed by atoms with E-state index in [0.717, 1.165) is 23.2 Å². The van der Waals surface area contributed by atoms with Crippen LogP contribution in [0.3, 0.4) is 0 Å². The molecule has 0 bridgehead atoms. The van der Waals surface area contributed by atoms with Crippen LogP contribution >= 0.6 is 12.0 Å². The first-order valence-electron chi connectivity index (χ1n) is 16.5. The molecule has 50 heavy (non-hydrogen) atoms. The molecule has 0 saturated carbocycles. The fraction of sp³-hybridized carbons (Fsp3) is 0.342. The summed E-state index contributed by atoms with van der Waals surface area (Å²) < 4.78 is 25.5. The molecule has 2 fully saturated rings. The van der Waals surface area contributed by atoms with Gasteiger partial charge in [-0.2, -0.15) is 0 Å². The molecule has 264 valence electrons. The number of halogens is 1. The van der Waals surface area contributed by atoms with Crippen molar-refractivity contribution in [2.45, 2.75) is 61.9 Å². The molecule has 8 atom stereocenters. The summed E-state index contributed by atoms with van der Waals surface area (Å²) >= 11 is 0.958. The zero-order chi connectivity index (χ0) is 35.4. The predicted molar refractivity (Wildman–Crippen MR) is 185 cm³/mol. The molecule has 4 aromatic rings. The molecule has 2 saturated heterocycles. The van der Waals surface area contributed by atoms with Gasteiger partial charge in [-0.1, -0.05) is 54.6 Å². The number of rotatable bonds is 13. The number of benzene rings is 4. The molecular formula is C38H40FNO9S. The zero-order valence-electron chi connectivity index (χ0n) is 27.0. The molecule has 0 radical (unpaired) electrons. The third-order valence-corrected chi connectivity index (χ3v) is 10.1. The van der Waals surface area contributed by atoms with Crippen LogP contribution < -0.4 is 9.08 Å². The Morgan fingerprint density at radius 3 is 2.30 bits per heavy atom. The van der Waals surface area contributed by atoms with Crippen LogP contribution in [-0.4, -0.2) is 79.4 Å². The number of amides is 1. The SMILES string of the molecule is O=C1C(CCC(O)c2ccc(F)cc2)C(c2ccc(Cc3cccc(O)c3)cc2OSCC2OC(CO)C(O)C(O)C2O)N1c1ccccc1. The van der Waals surface area contributed by atoms with Crippen molar-refractivity contribution in [3.63, 3.8) is 0 Å².